The molecule has 220 valence electrons. The van der Waals surface area contributed by atoms with Crippen LogP contribution in [0.1, 0.15) is 74.7 Å². The molecule has 0 amide bonds. The van der Waals surface area contributed by atoms with Crippen LogP contribution in [0.5, 0.6) is 0 Å². The third-order valence-electron chi connectivity index (χ3n) is 7.43. The van der Waals surface area contributed by atoms with E-state index in [0.29, 0.717) is 12.0 Å². The van der Waals surface area contributed by atoms with Crippen LogP contribution in [0.3, 0.4) is 0 Å². The molecule has 4 nitrogen and oxygen atoms in total. The van der Waals surface area contributed by atoms with Crippen LogP contribution < -0.4 is 5.32 Å². The monoisotopic (exact) mass is 556 g/mol. The molecule has 1 fully saturated rings. The van der Waals surface area contributed by atoms with E-state index < -0.39 is 6.10 Å². The summed E-state index contributed by atoms with van der Waals surface area (Å²) in [5, 5.41) is 2.01. The molecule has 0 bridgehead atoms. The molecule has 41 heavy (non-hydrogen) atoms. The number of hydrogen-bond donors (Lipinski definition) is 1. The van der Waals surface area contributed by atoms with Crippen molar-refractivity contribution >= 4 is 11.8 Å². The summed E-state index contributed by atoms with van der Waals surface area (Å²) in [6, 6.07) is -0.166. The zero-order valence-electron chi connectivity index (χ0n) is 26.4. The van der Waals surface area contributed by atoms with Crippen molar-refractivity contribution in [3.63, 3.8) is 0 Å². The van der Waals surface area contributed by atoms with Crippen molar-refractivity contribution in [2.24, 2.45) is 5.41 Å². The quantitative estimate of drug-likeness (QED) is 0.211. The van der Waals surface area contributed by atoms with Crippen LogP contribution in [0, 0.1) is 5.41 Å². The van der Waals surface area contributed by atoms with Gasteiger partial charge in [0.25, 0.3) is 0 Å². The summed E-state index contributed by atoms with van der Waals surface area (Å²) < 4.78 is 5.70. The van der Waals surface area contributed by atoms with Crippen molar-refractivity contribution in [3.05, 3.63) is 119 Å². The van der Waals surface area contributed by atoms with Gasteiger partial charge in [0.2, 0.25) is 0 Å². The molecule has 4 heteroatoms. The Hall–Kier alpha value is -3.50. The van der Waals surface area contributed by atoms with Crippen LogP contribution in [0.25, 0.3) is 0 Å². The largest absolute Gasteiger partial charge is 0.450 e. The number of Topliss-reactive ketones (excluding diaryl/α,β-unsaturated/α-hetero) is 1. The fraction of sp³-hybridized carbons (Fsp3) is 0.405. The molecule has 1 heterocycles. The topological polar surface area (TPSA) is 60.0 Å². The second-order valence-corrected chi connectivity index (χ2v) is 11.8. The standard InChI is InChI=1S/C37H49NO3/c1-9-15-27(2)18-12-19-28(3)16-10-11-17-29(4)20-13-21-30(5)23-24-32-31(6)35(39)34(26-37(32,7)8)41-36(40)33-22-14-25-38-33/h9-13,15-21,23-24,33-34,38H,14,22,25-26H2,1-8H3/p+1/b11-10+,15-9+,19-12+,20-13+,24-23+,27-18+,28-16+,29-17+,30-21+. The van der Waals surface area contributed by atoms with Gasteiger partial charge < -0.3 is 10.1 Å². The Kier molecular flexibility index (Phi) is 13.7. The molecule has 0 spiro atoms. The Morgan fingerprint density at radius 1 is 0.854 bits per heavy atom. The average Bonchev–Trinajstić information content (AvgIpc) is 3.45. The van der Waals surface area contributed by atoms with Crippen molar-refractivity contribution in [1.82, 2.24) is 0 Å². The molecule has 2 unspecified atom stereocenters. The van der Waals surface area contributed by atoms with Crippen LogP contribution >= 0.6 is 0 Å². The lowest BCUT2D eigenvalue weighted by molar-refractivity contribution is -0.659. The Balaban J connectivity index is 1.98. The third kappa shape index (κ3) is 11.5. The lowest BCUT2D eigenvalue weighted by Gasteiger charge is -2.36. The van der Waals surface area contributed by atoms with Gasteiger partial charge in [-0.15, -0.1) is 0 Å². The number of quaternary nitrogens is 1. The van der Waals surface area contributed by atoms with Gasteiger partial charge in [0.05, 0.1) is 6.54 Å². The molecular formula is C37H50NO3+. The fourth-order valence-electron chi connectivity index (χ4n) is 5.03. The predicted octanol–water partition coefficient (Wildman–Crippen LogP) is 7.53. The van der Waals surface area contributed by atoms with E-state index in [1.165, 1.54) is 11.1 Å². The number of hydrogen-bond acceptors (Lipinski definition) is 3. The highest BCUT2D eigenvalue weighted by atomic mass is 16.5. The van der Waals surface area contributed by atoms with Crippen LogP contribution in [-0.2, 0) is 14.3 Å². The lowest BCUT2D eigenvalue weighted by atomic mass is 9.71. The van der Waals surface area contributed by atoms with Crippen LogP contribution in [0.15, 0.2) is 119 Å². The van der Waals surface area contributed by atoms with Crippen molar-refractivity contribution in [1.29, 1.82) is 0 Å². The minimum Gasteiger partial charge on any atom is -0.450 e. The van der Waals surface area contributed by atoms with E-state index in [1.54, 1.807) is 0 Å². The van der Waals surface area contributed by atoms with Gasteiger partial charge >= 0.3 is 5.97 Å². The summed E-state index contributed by atoms with van der Waals surface area (Å²) in [5.74, 6) is -0.334. The fourth-order valence-corrected chi connectivity index (χ4v) is 5.03. The number of carbonyl (C=O) groups excluding carboxylic acids is 2. The van der Waals surface area contributed by atoms with E-state index in [9.17, 15) is 9.59 Å². The number of ketones is 1. The Morgan fingerprint density at radius 3 is 1.93 bits per heavy atom. The molecule has 0 radical (unpaired) electrons. The summed E-state index contributed by atoms with van der Waals surface area (Å²) in [6.07, 6.45) is 30.5. The molecule has 0 aromatic rings. The number of ether oxygens (including phenoxy) is 1. The lowest BCUT2D eigenvalue weighted by Crippen LogP contribution is -2.88. The molecule has 2 N–H and O–H groups in total. The van der Waals surface area contributed by atoms with Gasteiger partial charge in [-0.25, -0.2) is 4.79 Å². The van der Waals surface area contributed by atoms with Gasteiger partial charge in [-0.05, 0) is 58.1 Å². The summed E-state index contributed by atoms with van der Waals surface area (Å²) in [7, 11) is 0. The second kappa shape index (κ2) is 16.7. The van der Waals surface area contributed by atoms with E-state index in [1.807, 2.05) is 62.5 Å². The van der Waals surface area contributed by atoms with Crippen LogP contribution in [0.2, 0.25) is 0 Å². The zero-order chi connectivity index (χ0) is 30.4. The Morgan fingerprint density at radius 2 is 1.39 bits per heavy atom. The molecule has 1 aliphatic heterocycles. The van der Waals surface area contributed by atoms with E-state index in [0.717, 1.165) is 36.1 Å². The maximum absolute atomic E-state index is 13.1. The number of nitrogens with two attached hydrogens (primary N) is 1. The number of allylic oxidation sites excluding steroid dienone is 19. The Labute approximate surface area is 248 Å². The van der Waals surface area contributed by atoms with E-state index in [4.69, 9.17) is 4.74 Å². The highest BCUT2D eigenvalue weighted by Gasteiger charge is 2.41. The first-order chi connectivity index (χ1) is 19.4. The number of rotatable bonds is 11. The molecule has 1 saturated heterocycles. The first-order valence-electron chi connectivity index (χ1n) is 14.8. The number of esters is 1. The summed E-state index contributed by atoms with van der Waals surface area (Å²) in [4.78, 5) is 25.6. The highest BCUT2D eigenvalue weighted by Crippen LogP contribution is 2.40. The molecule has 1 aliphatic carbocycles. The van der Waals surface area contributed by atoms with Gasteiger partial charge in [-0.2, -0.15) is 0 Å². The molecular weight excluding hydrogens is 506 g/mol. The van der Waals surface area contributed by atoms with Crippen LogP contribution in [-0.4, -0.2) is 30.4 Å². The van der Waals surface area contributed by atoms with Gasteiger partial charge in [0, 0.05) is 19.3 Å². The molecule has 2 rings (SSSR count). The number of carbonyl (C=O) groups is 2. The summed E-state index contributed by atoms with van der Waals surface area (Å²) >= 11 is 0. The van der Waals surface area contributed by atoms with Crippen LogP contribution in [0.4, 0.5) is 0 Å². The molecule has 0 aromatic carbocycles. The van der Waals surface area contributed by atoms with Crippen molar-refractivity contribution < 1.29 is 19.6 Å². The maximum atomic E-state index is 13.1. The zero-order valence-corrected chi connectivity index (χ0v) is 26.4. The van der Waals surface area contributed by atoms with E-state index >= 15 is 0 Å². The van der Waals surface area contributed by atoms with Crippen molar-refractivity contribution in [3.8, 4) is 0 Å². The highest BCUT2D eigenvalue weighted by molar-refractivity contribution is 6.01. The maximum Gasteiger partial charge on any atom is 0.365 e. The van der Waals surface area contributed by atoms with E-state index in [2.05, 4.69) is 83.2 Å². The van der Waals surface area contributed by atoms with Gasteiger partial charge in [0.15, 0.2) is 17.9 Å². The minimum absolute atomic E-state index is 0.0805. The smallest absolute Gasteiger partial charge is 0.365 e. The summed E-state index contributed by atoms with van der Waals surface area (Å²) in [5.41, 5.74) is 6.05. The predicted molar refractivity (Wildman–Crippen MR) is 172 cm³/mol. The van der Waals surface area contributed by atoms with Gasteiger partial charge in [0.1, 0.15) is 0 Å². The molecule has 2 atom stereocenters. The van der Waals surface area contributed by atoms with Gasteiger partial charge in [-0.1, -0.05) is 121 Å². The molecule has 2 aliphatic rings. The first kappa shape index (κ1) is 33.7. The third-order valence-corrected chi connectivity index (χ3v) is 7.43. The molecule has 0 saturated carbocycles. The minimum atomic E-state index is -0.697. The SMILES string of the molecule is C/C=C/C(C)=C/C=C/C(C)=C/C=C/C=C(C)/C=C/C=C(C)/C=C/C1=C(C)C(=O)C(OC(=O)C2CCC[NH2+]2)CC1(C)C. The molecule has 0 aromatic heterocycles. The summed E-state index contributed by atoms with van der Waals surface area (Å²) in [6.45, 7) is 17.3. The average molecular weight is 557 g/mol. The first-order valence-corrected chi connectivity index (χ1v) is 14.8. The van der Waals surface area contributed by atoms with E-state index in [-0.39, 0.29) is 23.2 Å². The van der Waals surface area contributed by atoms with Crippen molar-refractivity contribution in [2.75, 3.05) is 6.54 Å². The van der Waals surface area contributed by atoms with Gasteiger partial charge in [-0.3, -0.25) is 4.79 Å². The van der Waals surface area contributed by atoms with Crippen molar-refractivity contribution in [2.45, 2.75) is 86.8 Å². The normalized spacial score (nSPS) is 23.5. The second-order valence-electron chi connectivity index (χ2n) is 11.8. The Bertz CT molecular complexity index is 1250.